The van der Waals surface area contributed by atoms with Gasteiger partial charge in [0.2, 0.25) is 0 Å². The topological polar surface area (TPSA) is 46.6 Å². The van der Waals surface area contributed by atoms with Gasteiger partial charge in [-0.15, -0.1) is 0 Å². The van der Waals surface area contributed by atoms with E-state index >= 15 is 0 Å². The fraction of sp³-hybridized carbons (Fsp3) is 0.333. The lowest BCUT2D eigenvalue weighted by atomic mass is 9.98. The van der Waals surface area contributed by atoms with E-state index < -0.39 is 12.1 Å². The molecule has 0 saturated heterocycles. The van der Waals surface area contributed by atoms with E-state index in [1.807, 2.05) is 31.1 Å². The quantitative estimate of drug-likeness (QED) is 0.550. The van der Waals surface area contributed by atoms with Gasteiger partial charge in [-0.05, 0) is 23.8 Å². The Hall–Kier alpha value is -1.84. The number of ether oxygens (including phenoxy) is 1. The maximum absolute atomic E-state index is 11.5. The van der Waals surface area contributed by atoms with Gasteiger partial charge >= 0.3 is 5.97 Å². The zero-order valence-electron chi connectivity index (χ0n) is 9.27. The lowest BCUT2D eigenvalue weighted by molar-refractivity contribution is -0.115. The molecule has 0 bridgehead atoms. The van der Waals surface area contributed by atoms with E-state index in [-0.39, 0.29) is 0 Å². The minimum absolute atomic E-state index is 0.413. The van der Waals surface area contributed by atoms with Crippen molar-refractivity contribution in [1.82, 2.24) is 0 Å². The summed E-state index contributed by atoms with van der Waals surface area (Å²) in [5, 5.41) is 0. The van der Waals surface area contributed by atoms with Crippen LogP contribution in [0.1, 0.15) is 15.9 Å². The van der Waals surface area contributed by atoms with Crippen LogP contribution in [0.2, 0.25) is 0 Å². The molecule has 1 atom stereocenters. The Morgan fingerprint density at radius 3 is 2.81 bits per heavy atom. The van der Waals surface area contributed by atoms with Gasteiger partial charge < -0.3 is 9.64 Å². The first kappa shape index (κ1) is 10.7. The minimum Gasteiger partial charge on any atom is -0.451 e. The molecule has 0 N–H and O–H groups in total. The molecule has 84 valence electrons. The van der Waals surface area contributed by atoms with E-state index in [9.17, 15) is 9.59 Å². The second-order valence-electron chi connectivity index (χ2n) is 4.02. The fourth-order valence-electron chi connectivity index (χ4n) is 1.76. The van der Waals surface area contributed by atoms with Gasteiger partial charge in [0.25, 0.3) is 0 Å². The van der Waals surface area contributed by atoms with E-state index in [1.165, 1.54) is 0 Å². The van der Waals surface area contributed by atoms with Crippen molar-refractivity contribution in [3.63, 3.8) is 0 Å². The number of nitrogens with zero attached hydrogens (tertiary/aromatic N) is 1. The van der Waals surface area contributed by atoms with E-state index in [0.717, 1.165) is 11.3 Å². The number of esters is 1. The van der Waals surface area contributed by atoms with Crippen LogP contribution in [0.5, 0.6) is 0 Å². The number of carbonyl (C=O) groups excluding carboxylic acids is 2. The molecule has 1 aliphatic heterocycles. The Morgan fingerprint density at radius 1 is 1.44 bits per heavy atom. The van der Waals surface area contributed by atoms with Gasteiger partial charge in [0.15, 0.2) is 12.4 Å². The first-order chi connectivity index (χ1) is 7.61. The van der Waals surface area contributed by atoms with Crippen molar-refractivity contribution in [2.24, 2.45) is 0 Å². The molecular weight excluding hydrogens is 206 g/mol. The number of hydrogen-bond acceptors (Lipinski definition) is 4. The summed E-state index contributed by atoms with van der Waals surface area (Å²) in [7, 11) is 3.86. The first-order valence-electron chi connectivity index (χ1n) is 5.08. The number of benzene rings is 1. The van der Waals surface area contributed by atoms with Crippen LogP contribution in [-0.2, 0) is 16.0 Å². The van der Waals surface area contributed by atoms with Gasteiger partial charge in [0, 0.05) is 26.2 Å². The summed E-state index contributed by atoms with van der Waals surface area (Å²) in [6.45, 7) is 0. The third kappa shape index (κ3) is 1.78. The summed E-state index contributed by atoms with van der Waals surface area (Å²) in [6.07, 6.45) is 0.493. The highest BCUT2D eigenvalue weighted by Crippen LogP contribution is 2.24. The number of carbonyl (C=O) groups is 2. The van der Waals surface area contributed by atoms with Gasteiger partial charge in [-0.2, -0.15) is 0 Å². The maximum atomic E-state index is 11.5. The molecule has 4 heteroatoms. The molecule has 1 heterocycles. The molecule has 0 amide bonds. The predicted octanol–water partition coefficient (Wildman–Crippen LogP) is 1.03. The summed E-state index contributed by atoms with van der Waals surface area (Å²) >= 11 is 0. The molecule has 0 aliphatic carbocycles. The summed E-state index contributed by atoms with van der Waals surface area (Å²) in [5.74, 6) is -0.413. The van der Waals surface area contributed by atoms with Crippen molar-refractivity contribution in [2.75, 3.05) is 19.0 Å². The molecule has 0 radical (unpaired) electrons. The second-order valence-corrected chi connectivity index (χ2v) is 4.02. The SMILES string of the molecule is CN(C)c1ccc2c(c1)CC(C=O)OC2=O. The average molecular weight is 219 g/mol. The standard InChI is InChI=1S/C12H13NO3/c1-13(2)9-3-4-11-8(5-9)6-10(7-14)16-12(11)15/h3-5,7,10H,6H2,1-2H3. The number of cyclic esters (lactones) is 1. The van der Waals surface area contributed by atoms with Crippen molar-refractivity contribution in [3.8, 4) is 0 Å². The zero-order chi connectivity index (χ0) is 11.7. The molecule has 2 rings (SSSR count). The van der Waals surface area contributed by atoms with Gasteiger partial charge in [-0.25, -0.2) is 4.79 Å². The molecule has 0 aromatic heterocycles. The molecule has 0 fully saturated rings. The third-order valence-corrected chi connectivity index (χ3v) is 2.66. The fourth-order valence-corrected chi connectivity index (χ4v) is 1.76. The van der Waals surface area contributed by atoms with E-state index in [2.05, 4.69) is 0 Å². The zero-order valence-corrected chi connectivity index (χ0v) is 9.27. The Bertz CT molecular complexity index is 440. The third-order valence-electron chi connectivity index (χ3n) is 2.66. The van der Waals surface area contributed by atoms with Crippen molar-refractivity contribution >= 4 is 17.9 Å². The Balaban J connectivity index is 2.41. The number of hydrogen-bond donors (Lipinski definition) is 0. The summed E-state index contributed by atoms with van der Waals surface area (Å²) < 4.78 is 4.94. The highest BCUT2D eigenvalue weighted by atomic mass is 16.5. The smallest absolute Gasteiger partial charge is 0.339 e. The maximum Gasteiger partial charge on any atom is 0.339 e. The Kier molecular flexibility index (Phi) is 2.64. The monoisotopic (exact) mass is 219 g/mol. The van der Waals surface area contributed by atoms with Crippen LogP contribution in [0.4, 0.5) is 5.69 Å². The Morgan fingerprint density at radius 2 is 2.19 bits per heavy atom. The first-order valence-corrected chi connectivity index (χ1v) is 5.08. The van der Waals surface area contributed by atoms with Crippen LogP contribution >= 0.6 is 0 Å². The predicted molar refractivity (Wildman–Crippen MR) is 59.7 cm³/mol. The Labute approximate surface area is 93.8 Å². The lowest BCUT2D eigenvalue weighted by Gasteiger charge is -2.22. The van der Waals surface area contributed by atoms with Crippen LogP contribution in [-0.4, -0.2) is 32.5 Å². The normalized spacial score (nSPS) is 18.6. The molecule has 1 aromatic rings. The van der Waals surface area contributed by atoms with Crippen LogP contribution in [0.15, 0.2) is 18.2 Å². The van der Waals surface area contributed by atoms with Gasteiger partial charge in [0.05, 0.1) is 5.56 Å². The van der Waals surface area contributed by atoms with Crippen molar-refractivity contribution < 1.29 is 14.3 Å². The van der Waals surface area contributed by atoms with Crippen molar-refractivity contribution in [3.05, 3.63) is 29.3 Å². The van der Waals surface area contributed by atoms with E-state index in [4.69, 9.17) is 4.74 Å². The van der Waals surface area contributed by atoms with Gasteiger partial charge in [-0.3, -0.25) is 4.79 Å². The molecule has 1 unspecified atom stereocenters. The molecule has 0 spiro atoms. The molecule has 4 nitrogen and oxygen atoms in total. The van der Waals surface area contributed by atoms with Crippen molar-refractivity contribution in [2.45, 2.75) is 12.5 Å². The van der Waals surface area contributed by atoms with E-state index in [1.54, 1.807) is 6.07 Å². The lowest BCUT2D eigenvalue weighted by Crippen LogP contribution is -2.28. The van der Waals surface area contributed by atoms with Crippen LogP contribution in [0.25, 0.3) is 0 Å². The number of anilines is 1. The summed E-state index contributed by atoms with van der Waals surface area (Å²) in [6, 6.07) is 5.53. The van der Waals surface area contributed by atoms with Crippen LogP contribution < -0.4 is 4.90 Å². The van der Waals surface area contributed by atoms with E-state index in [0.29, 0.717) is 18.3 Å². The second kappa shape index (κ2) is 3.96. The highest BCUT2D eigenvalue weighted by molar-refractivity contribution is 5.94. The molecule has 16 heavy (non-hydrogen) atoms. The van der Waals surface area contributed by atoms with Crippen LogP contribution in [0, 0.1) is 0 Å². The summed E-state index contributed by atoms with van der Waals surface area (Å²) in [4.78, 5) is 24.1. The van der Waals surface area contributed by atoms with Crippen molar-refractivity contribution in [1.29, 1.82) is 0 Å². The molecule has 1 aliphatic rings. The molecule has 0 saturated carbocycles. The number of aldehydes is 1. The average Bonchev–Trinajstić information content (AvgIpc) is 2.28. The summed E-state index contributed by atoms with van der Waals surface area (Å²) in [5.41, 5.74) is 2.45. The largest absolute Gasteiger partial charge is 0.451 e. The molecule has 1 aromatic carbocycles. The number of fused-ring (bicyclic) bond motifs is 1. The minimum atomic E-state index is -0.641. The number of rotatable bonds is 2. The molecular formula is C12H13NO3. The highest BCUT2D eigenvalue weighted by Gasteiger charge is 2.26. The van der Waals surface area contributed by atoms with Crippen LogP contribution in [0.3, 0.4) is 0 Å². The van der Waals surface area contributed by atoms with Gasteiger partial charge in [0.1, 0.15) is 0 Å². The van der Waals surface area contributed by atoms with Gasteiger partial charge in [-0.1, -0.05) is 0 Å².